The van der Waals surface area contributed by atoms with Gasteiger partial charge in [-0.05, 0) is 32.3 Å². The number of piperidine rings is 1. The number of hydrogen-bond acceptors (Lipinski definition) is 4. The second-order valence-corrected chi connectivity index (χ2v) is 8.86. The molecule has 6 heteroatoms. The minimum Gasteiger partial charge on any atom is -0.342 e. The van der Waals surface area contributed by atoms with Crippen LogP contribution in [0.2, 0.25) is 0 Å². The smallest absolute Gasteiger partial charge is 0.223 e. The van der Waals surface area contributed by atoms with Gasteiger partial charge in [-0.15, -0.1) is 11.3 Å². The summed E-state index contributed by atoms with van der Waals surface area (Å²) < 4.78 is 2.38. The number of nitrogens with zero attached hydrogens (tertiary/aromatic N) is 4. The maximum absolute atomic E-state index is 12.9. The highest BCUT2D eigenvalue weighted by atomic mass is 32.1. The molecule has 0 saturated carbocycles. The van der Waals surface area contributed by atoms with Gasteiger partial charge in [0.05, 0.1) is 16.6 Å². The molecule has 5 nitrogen and oxygen atoms in total. The monoisotopic (exact) mass is 408 g/mol. The van der Waals surface area contributed by atoms with Crippen molar-refractivity contribution in [1.29, 1.82) is 0 Å². The van der Waals surface area contributed by atoms with Crippen LogP contribution >= 0.6 is 11.3 Å². The fraction of sp³-hybridized carbons (Fsp3) is 0.435. The van der Waals surface area contributed by atoms with Gasteiger partial charge in [-0.1, -0.05) is 19.1 Å². The molecule has 0 spiro atoms. The van der Waals surface area contributed by atoms with Crippen molar-refractivity contribution in [3.8, 4) is 0 Å². The SMILES string of the molecule is C/C=C\c1c(C)ncc2ccn([C@H]3CN(C(=O)CCc4nccs4)CC[C@H]3C)c12. The van der Waals surface area contributed by atoms with Crippen LogP contribution in [0.3, 0.4) is 0 Å². The number of likely N-dealkylation sites (tertiary alicyclic amines) is 1. The number of carbonyl (C=O) groups excluding carboxylic acids is 1. The third-order valence-electron chi connectivity index (χ3n) is 5.99. The van der Waals surface area contributed by atoms with E-state index in [0.29, 0.717) is 12.3 Å². The van der Waals surface area contributed by atoms with Gasteiger partial charge in [-0.2, -0.15) is 0 Å². The van der Waals surface area contributed by atoms with Crippen LogP contribution in [-0.4, -0.2) is 38.4 Å². The standard InChI is InChI=1S/C23H28N4OS/c1-4-5-19-17(3)25-14-18-9-12-27(23(18)19)20-15-26(11-8-16(20)2)22(28)7-6-21-24-10-13-29-21/h4-5,9-10,12-14,16,20H,6-8,11,15H2,1-3H3/b5-4-/t16-,20+/m1/s1. The summed E-state index contributed by atoms with van der Waals surface area (Å²) in [5.74, 6) is 0.751. The topological polar surface area (TPSA) is 51.0 Å². The summed E-state index contributed by atoms with van der Waals surface area (Å²) in [6.07, 6.45) is 12.4. The van der Waals surface area contributed by atoms with Crippen molar-refractivity contribution in [1.82, 2.24) is 19.4 Å². The van der Waals surface area contributed by atoms with Gasteiger partial charge in [0.25, 0.3) is 0 Å². The predicted octanol–water partition coefficient (Wildman–Crippen LogP) is 4.88. The zero-order chi connectivity index (χ0) is 20.4. The second-order valence-electron chi connectivity index (χ2n) is 7.88. The minimum atomic E-state index is 0.236. The van der Waals surface area contributed by atoms with Crippen molar-refractivity contribution in [2.24, 2.45) is 5.92 Å². The lowest BCUT2D eigenvalue weighted by molar-refractivity contribution is -0.133. The third kappa shape index (κ3) is 3.99. The fourth-order valence-electron chi connectivity index (χ4n) is 4.30. The molecule has 4 rings (SSSR count). The maximum atomic E-state index is 12.9. The molecule has 29 heavy (non-hydrogen) atoms. The van der Waals surface area contributed by atoms with E-state index in [2.05, 4.69) is 52.8 Å². The normalized spacial score (nSPS) is 20.0. The maximum Gasteiger partial charge on any atom is 0.223 e. The number of carbonyl (C=O) groups is 1. The molecule has 1 saturated heterocycles. The van der Waals surface area contributed by atoms with Crippen molar-refractivity contribution < 1.29 is 4.79 Å². The molecule has 1 fully saturated rings. The summed E-state index contributed by atoms with van der Waals surface area (Å²) in [4.78, 5) is 23.8. The number of pyridine rings is 1. The van der Waals surface area contributed by atoms with E-state index >= 15 is 0 Å². The number of amides is 1. The van der Waals surface area contributed by atoms with Crippen LogP contribution in [0.5, 0.6) is 0 Å². The van der Waals surface area contributed by atoms with E-state index in [-0.39, 0.29) is 11.9 Å². The summed E-state index contributed by atoms with van der Waals surface area (Å²) in [7, 11) is 0. The van der Waals surface area contributed by atoms with Gasteiger partial charge in [0, 0.05) is 66.5 Å². The number of hydrogen-bond donors (Lipinski definition) is 0. The first-order valence-electron chi connectivity index (χ1n) is 10.3. The average molecular weight is 409 g/mol. The molecule has 152 valence electrons. The van der Waals surface area contributed by atoms with E-state index < -0.39 is 0 Å². The number of thiazole rings is 1. The van der Waals surface area contributed by atoms with Crippen molar-refractivity contribution in [2.75, 3.05) is 13.1 Å². The van der Waals surface area contributed by atoms with Gasteiger partial charge in [0.15, 0.2) is 0 Å². The molecule has 3 aromatic rings. The zero-order valence-corrected chi connectivity index (χ0v) is 18.2. The van der Waals surface area contributed by atoms with Crippen LogP contribution in [0.25, 0.3) is 17.0 Å². The largest absolute Gasteiger partial charge is 0.342 e. The van der Waals surface area contributed by atoms with Gasteiger partial charge in [0.1, 0.15) is 0 Å². The lowest BCUT2D eigenvalue weighted by Crippen LogP contribution is -2.44. The molecule has 0 aromatic carbocycles. The van der Waals surface area contributed by atoms with Crippen LogP contribution in [0.4, 0.5) is 0 Å². The number of allylic oxidation sites excluding steroid dienone is 1. The van der Waals surface area contributed by atoms with Crippen LogP contribution < -0.4 is 0 Å². The van der Waals surface area contributed by atoms with Gasteiger partial charge in [-0.25, -0.2) is 4.98 Å². The van der Waals surface area contributed by atoms with E-state index in [1.807, 2.05) is 23.4 Å². The van der Waals surface area contributed by atoms with Crippen molar-refractivity contribution in [3.05, 3.63) is 52.4 Å². The first-order chi connectivity index (χ1) is 14.1. The lowest BCUT2D eigenvalue weighted by Gasteiger charge is -2.38. The Bertz CT molecular complexity index is 1020. The quantitative estimate of drug-likeness (QED) is 0.605. The van der Waals surface area contributed by atoms with E-state index in [9.17, 15) is 4.79 Å². The van der Waals surface area contributed by atoms with Crippen molar-refractivity contribution >= 4 is 34.2 Å². The molecular formula is C23H28N4OS. The highest BCUT2D eigenvalue weighted by Gasteiger charge is 2.31. The average Bonchev–Trinajstić information content (AvgIpc) is 3.38. The highest BCUT2D eigenvalue weighted by molar-refractivity contribution is 7.09. The van der Waals surface area contributed by atoms with E-state index in [4.69, 9.17) is 0 Å². The number of aryl methyl sites for hydroxylation is 2. The minimum absolute atomic E-state index is 0.236. The second kappa shape index (κ2) is 8.49. The Balaban J connectivity index is 1.59. The van der Waals surface area contributed by atoms with E-state index in [1.54, 1.807) is 17.5 Å². The molecule has 4 heterocycles. The Morgan fingerprint density at radius 2 is 2.24 bits per heavy atom. The molecule has 0 aliphatic carbocycles. The van der Waals surface area contributed by atoms with Crippen molar-refractivity contribution in [2.45, 2.75) is 46.1 Å². The molecule has 0 unspecified atom stereocenters. The highest BCUT2D eigenvalue weighted by Crippen LogP contribution is 2.33. The molecule has 0 N–H and O–H groups in total. The van der Waals surface area contributed by atoms with E-state index in [0.717, 1.165) is 42.0 Å². The first kappa shape index (κ1) is 19.8. The Morgan fingerprint density at radius 3 is 3.00 bits per heavy atom. The van der Waals surface area contributed by atoms with E-state index in [1.165, 1.54) is 11.1 Å². The Morgan fingerprint density at radius 1 is 1.38 bits per heavy atom. The molecule has 0 radical (unpaired) electrons. The Kier molecular flexibility index (Phi) is 5.81. The summed E-state index contributed by atoms with van der Waals surface area (Å²) >= 11 is 1.62. The van der Waals surface area contributed by atoms with Crippen molar-refractivity contribution in [3.63, 3.8) is 0 Å². The lowest BCUT2D eigenvalue weighted by atomic mass is 9.92. The number of aromatic nitrogens is 3. The fourth-order valence-corrected chi connectivity index (χ4v) is 4.92. The van der Waals surface area contributed by atoms with Gasteiger partial charge >= 0.3 is 0 Å². The van der Waals surface area contributed by atoms with Gasteiger partial charge in [-0.3, -0.25) is 9.78 Å². The number of rotatable bonds is 5. The van der Waals surface area contributed by atoms with Gasteiger partial charge in [0.2, 0.25) is 5.91 Å². The molecule has 1 aliphatic rings. The summed E-state index contributed by atoms with van der Waals surface area (Å²) in [6.45, 7) is 8.01. The van der Waals surface area contributed by atoms with Crippen LogP contribution in [0.1, 0.15) is 49.0 Å². The molecule has 1 amide bonds. The summed E-state index contributed by atoms with van der Waals surface area (Å²) in [5.41, 5.74) is 3.44. The van der Waals surface area contributed by atoms with Gasteiger partial charge < -0.3 is 9.47 Å². The molecular weight excluding hydrogens is 380 g/mol. The third-order valence-corrected chi connectivity index (χ3v) is 6.83. The van der Waals surface area contributed by atoms with Crippen LogP contribution in [-0.2, 0) is 11.2 Å². The predicted molar refractivity (Wildman–Crippen MR) is 119 cm³/mol. The summed E-state index contributed by atoms with van der Waals surface area (Å²) in [6, 6.07) is 2.42. The number of fused-ring (bicyclic) bond motifs is 1. The zero-order valence-electron chi connectivity index (χ0n) is 17.3. The summed E-state index contributed by atoms with van der Waals surface area (Å²) in [5, 5.41) is 4.16. The Hall–Kier alpha value is -2.47. The van der Waals surface area contributed by atoms with Crippen LogP contribution in [0, 0.1) is 12.8 Å². The first-order valence-corrected chi connectivity index (χ1v) is 11.2. The molecule has 0 bridgehead atoms. The Labute approximate surface area is 176 Å². The van der Waals surface area contributed by atoms with Crippen LogP contribution in [0.15, 0.2) is 36.1 Å². The molecule has 1 aliphatic heterocycles. The molecule has 2 atom stereocenters. The molecule has 3 aromatic heterocycles.